The molecular weight excluding hydrogens is 323 g/mol. The van der Waals surface area contributed by atoms with Gasteiger partial charge in [-0.15, -0.1) is 0 Å². The Morgan fingerprint density at radius 1 is 1.24 bits per heavy atom. The number of nitrogens with one attached hydrogen (secondary N) is 2. The van der Waals surface area contributed by atoms with Crippen molar-refractivity contribution in [2.75, 3.05) is 13.6 Å². The van der Waals surface area contributed by atoms with Crippen LogP contribution in [-0.4, -0.2) is 24.5 Å². The molecule has 0 bridgehead atoms. The summed E-state index contributed by atoms with van der Waals surface area (Å²) in [6.45, 7) is 2.95. The number of hydrogen-bond donors (Lipinski definition) is 2. The fourth-order valence-corrected chi connectivity index (χ4v) is 2.44. The highest BCUT2D eigenvalue weighted by atomic mass is 19.1. The second-order valence-corrected chi connectivity index (χ2v) is 5.60. The molecule has 7 heteroatoms. The van der Waals surface area contributed by atoms with E-state index in [9.17, 15) is 14.5 Å². The van der Waals surface area contributed by atoms with Crippen LogP contribution in [0.4, 0.5) is 10.1 Å². The van der Waals surface area contributed by atoms with Crippen LogP contribution in [0.25, 0.3) is 0 Å². The third kappa shape index (κ3) is 5.56. The van der Waals surface area contributed by atoms with Gasteiger partial charge < -0.3 is 10.6 Å². The van der Waals surface area contributed by atoms with Crippen molar-refractivity contribution in [3.05, 3.63) is 75.1 Å². The second-order valence-electron chi connectivity index (χ2n) is 5.60. The molecule has 2 rings (SSSR count). The van der Waals surface area contributed by atoms with E-state index in [1.807, 2.05) is 13.0 Å². The minimum atomic E-state index is -0.415. The Kier molecular flexibility index (Phi) is 6.45. The van der Waals surface area contributed by atoms with E-state index in [0.29, 0.717) is 19.0 Å². The molecule has 0 heterocycles. The van der Waals surface area contributed by atoms with E-state index in [1.54, 1.807) is 19.2 Å². The number of benzene rings is 2. The van der Waals surface area contributed by atoms with Gasteiger partial charge in [0.15, 0.2) is 5.96 Å². The van der Waals surface area contributed by atoms with Crippen LogP contribution in [0.15, 0.2) is 47.5 Å². The third-order valence-electron chi connectivity index (χ3n) is 3.80. The molecule has 0 aliphatic heterocycles. The number of nitrogens with zero attached hydrogens (tertiary/aromatic N) is 2. The topological polar surface area (TPSA) is 79.6 Å². The molecule has 25 heavy (non-hydrogen) atoms. The summed E-state index contributed by atoms with van der Waals surface area (Å²) >= 11 is 0. The molecule has 132 valence electrons. The lowest BCUT2D eigenvalue weighted by atomic mass is 10.1. The number of aliphatic imine (C=N–C) groups is 1. The first-order chi connectivity index (χ1) is 12.0. The fraction of sp³-hybridized carbons (Fsp3) is 0.278. The van der Waals surface area contributed by atoms with E-state index in [4.69, 9.17) is 0 Å². The van der Waals surface area contributed by atoms with Crippen LogP contribution < -0.4 is 10.6 Å². The largest absolute Gasteiger partial charge is 0.356 e. The standard InChI is InChI=1S/C18H21FN4O2/c1-13-10-16(19)7-6-15(13)8-9-21-18(20-2)22-12-14-4-3-5-17(11-14)23(24)25/h3-7,10-11H,8-9,12H2,1-2H3,(H2,20,21,22). The molecule has 0 fully saturated rings. The maximum Gasteiger partial charge on any atom is 0.269 e. The monoisotopic (exact) mass is 344 g/mol. The van der Waals surface area contributed by atoms with Gasteiger partial charge in [0.1, 0.15) is 5.82 Å². The molecule has 2 aromatic rings. The smallest absolute Gasteiger partial charge is 0.269 e. The minimum Gasteiger partial charge on any atom is -0.356 e. The Hall–Kier alpha value is -2.96. The second kappa shape index (κ2) is 8.77. The molecule has 0 unspecified atom stereocenters. The van der Waals surface area contributed by atoms with Crippen LogP contribution in [0.1, 0.15) is 16.7 Å². The molecule has 0 amide bonds. The Bertz CT molecular complexity index is 777. The third-order valence-corrected chi connectivity index (χ3v) is 3.80. The van der Waals surface area contributed by atoms with Gasteiger partial charge in [0, 0.05) is 32.3 Å². The average molecular weight is 344 g/mol. The Morgan fingerprint density at radius 2 is 2.04 bits per heavy atom. The summed E-state index contributed by atoms with van der Waals surface area (Å²) in [5.74, 6) is 0.370. The first kappa shape index (κ1) is 18.4. The summed E-state index contributed by atoms with van der Waals surface area (Å²) in [7, 11) is 1.66. The van der Waals surface area contributed by atoms with E-state index in [1.165, 1.54) is 24.3 Å². The summed E-state index contributed by atoms with van der Waals surface area (Å²) in [6, 6.07) is 11.2. The van der Waals surface area contributed by atoms with Crippen LogP contribution >= 0.6 is 0 Å². The summed E-state index contributed by atoms with van der Waals surface area (Å²) in [4.78, 5) is 14.5. The van der Waals surface area contributed by atoms with Gasteiger partial charge in [-0.1, -0.05) is 18.2 Å². The maximum absolute atomic E-state index is 13.1. The van der Waals surface area contributed by atoms with Crippen LogP contribution in [0, 0.1) is 22.9 Å². The van der Waals surface area contributed by atoms with Crippen molar-refractivity contribution >= 4 is 11.6 Å². The number of halogens is 1. The fourth-order valence-electron chi connectivity index (χ4n) is 2.44. The van der Waals surface area contributed by atoms with Gasteiger partial charge in [-0.05, 0) is 42.2 Å². The molecule has 0 atom stereocenters. The van der Waals surface area contributed by atoms with E-state index < -0.39 is 4.92 Å². The van der Waals surface area contributed by atoms with Gasteiger partial charge in [-0.3, -0.25) is 15.1 Å². The van der Waals surface area contributed by atoms with E-state index in [0.717, 1.165) is 23.1 Å². The lowest BCUT2D eigenvalue weighted by Gasteiger charge is -2.12. The Labute approximate surface area is 145 Å². The summed E-state index contributed by atoms with van der Waals surface area (Å²) < 4.78 is 13.1. The van der Waals surface area contributed by atoms with Gasteiger partial charge in [0.05, 0.1) is 4.92 Å². The van der Waals surface area contributed by atoms with Crippen molar-refractivity contribution in [2.45, 2.75) is 19.9 Å². The Balaban J connectivity index is 1.84. The molecule has 0 saturated carbocycles. The SMILES string of the molecule is CN=C(NCCc1ccc(F)cc1C)NCc1cccc([N+](=O)[O-])c1. The van der Waals surface area contributed by atoms with Gasteiger partial charge >= 0.3 is 0 Å². The normalized spacial score (nSPS) is 11.2. The minimum absolute atomic E-state index is 0.0639. The molecule has 6 nitrogen and oxygen atoms in total. The van der Waals surface area contributed by atoms with Gasteiger partial charge in [-0.2, -0.15) is 0 Å². The zero-order valence-electron chi connectivity index (χ0n) is 14.3. The molecule has 2 N–H and O–H groups in total. The van der Waals surface area contributed by atoms with Gasteiger partial charge in [-0.25, -0.2) is 4.39 Å². The molecule has 0 saturated heterocycles. The van der Waals surface area contributed by atoms with Crippen molar-refractivity contribution in [1.82, 2.24) is 10.6 Å². The van der Waals surface area contributed by atoms with Crippen molar-refractivity contribution in [3.8, 4) is 0 Å². The number of nitro groups is 1. The Morgan fingerprint density at radius 3 is 2.72 bits per heavy atom. The van der Waals surface area contributed by atoms with E-state index >= 15 is 0 Å². The highest BCUT2D eigenvalue weighted by Gasteiger charge is 2.06. The number of aryl methyl sites for hydroxylation is 1. The molecule has 0 radical (unpaired) electrons. The highest BCUT2D eigenvalue weighted by Crippen LogP contribution is 2.13. The summed E-state index contributed by atoms with van der Waals surface area (Å²) in [6.07, 6.45) is 0.740. The van der Waals surface area contributed by atoms with E-state index in [-0.39, 0.29) is 11.5 Å². The van der Waals surface area contributed by atoms with Crippen LogP contribution in [0.2, 0.25) is 0 Å². The van der Waals surface area contributed by atoms with Gasteiger partial charge in [0.25, 0.3) is 5.69 Å². The maximum atomic E-state index is 13.1. The number of non-ortho nitro benzene ring substituents is 1. The summed E-state index contributed by atoms with van der Waals surface area (Å²) in [5.41, 5.74) is 2.85. The first-order valence-electron chi connectivity index (χ1n) is 7.92. The molecule has 0 aromatic heterocycles. The van der Waals surface area contributed by atoms with E-state index in [2.05, 4.69) is 15.6 Å². The first-order valence-corrected chi connectivity index (χ1v) is 7.92. The van der Waals surface area contributed by atoms with Crippen LogP contribution in [0.3, 0.4) is 0 Å². The highest BCUT2D eigenvalue weighted by molar-refractivity contribution is 5.79. The number of rotatable bonds is 6. The van der Waals surface area contributed by atoms with Crippen molar-refractivity contribution < 1.29 is 9.31 Å². The van der Waals surface area contributed by atoms with Crippen molar-refractivity contribution in [3.63, 3.8) is 0 Å². The molecular formula is C18H21FN4O2. The van der Waals surface area contributed by atoms with Crippen LogP contribution in [-0.2, 0) is 13.0 Å². The lowest BCUT2D eigenvalue weighted by molar-refractivity contribution is -0.384. The molecule has 0 aliphatic carbocycles. The average Bonchev–Trinajstić information content (AvgIpc) is 2.59. The van der Waals surface area contributed by atoms with Crippen molar-refractivity contribution in [1.29, 1.82) is 0 Å². The number of nitro benzene ring substituents is 1. The molecule has 0 aliphatic rings. The number of hydrogen-bond acceptors (Lipinski definition) is 3. The zero-order chi connectivity index (χ0) is 18.2. The summed E-state index contributed by atoms with van der Waals surface area (Å²) in [5, 5.41) is 17.1. The van der Waals surface area contributed by atoms with Gasteiger partial charge in [0.2, 0.25) is 0 Å². The van der Waals surface area contributed by atoms with Crippen LogP contribution in [0.5, 0.6) is 0 Å². The molecule has 2 aromatic carbocycles. The molecule has 0 spiro atoms. The zero-order valence-corrected chi connectivity index (χ0v) is 14.3. The predicted octanol–water partition coefficient (Wildman–Crippen LogP) is 2.95. The lowest BCUT2D eigenvalue weighted by Crippen LogP contribution is -2.37. The van der Waals surface area contributed by atoms with Crippen molar-refractivity contribution in [2.24, 2.45) is 4.99 Å². The quantitative estimate of drug-likeness (QED) is 0.365. The number of guanidine groups is 1. The predicted molar refractivity (Wildman–Crippen MR) is 96.1 cm³/mol.